The predicted octanol–water partition coefficient (Wildman–Crippen LogP) is 1.63. The van der Waals surface area contributed by atoms with E-state index in [1.54, 1.807) is 0 Å². The number of amides is 3. The highest BCUT2D eigenvalue weighted by Gasteiger charge is 2.51. The molecule has 1 heterocycles. The molecule has 1 spiro atoms. The number of nitrogens with zero attached hydrogens (tertiary/aromatic N) is 1. The Labute approximate surface area is 120 Å². The summed E-state index contributed by atoms with van der Waals surface area (Å²) in [5, 5.41) is 6.39. The molecule has 5 heteroatoms. The third-order valence-electron chi connectivity index (χ3n) is 4.94. The first-order valence-electron chi connectivity index (χ1n) is 7.98. The summed E-state index contributed by atoms with van der Waals surface area (Å²) in [6.07, 6.45) is 7.05. The summed E-state index contributed by atoms with van der Waals surface area (Å²) in [6, 6.07) is 0.500. The van der Waals surface area contributed by atoms with Crippen LogP contribution in [0, 0.1) is 5.92 Å². The summed E-state index contributed by atoms with van der Waals surface area (Å²) in [4.78, 5) is 26.1. The maximum absolute atomic E-state index is 12.6. The normalized spacial score (nSPS) is 33.9. The van der Waals surface area contributed by atoms with Crippen molar-refractivity contribution in [1.82, 2.24) is 15.5 Å². The molecule has 0 aromatic heterocycles. The zero-order chi connectivity index (χ0) is 14.2. The fraction of sp³-hybridized carbons (Fsp3) is 0.867. The van der Waals surface area contributed by atoms with Gasteiger partial charge in [-0.25, -0.2) is 4.79 Å². The topological polar surface area (TPSA) is 61.4 Å². The van der Waals surface area contributed by atoms with Gasteiger partial charge in [0.1, 0.15) is 5.54 Å². The molecule has 0 atom stereocenters. The van der Waals surface area contributed by atoms with Crippen molar-refractivity contribution in [2.24, 2.45) is 5.92 Å². The van der Waals surface area contributed by atoms with Gasteiger partial charge in [0.2, 0.25) is 0 Å². The monoisotopic (exact) mass is 279 g/mol. The molecule has 1 saturated heterocycles. The van der Waals surface area contributed by atoms with E-state index in [1.807, 2.05) is 0 Å². The number of urea groups is 1. The van der Waals surface area contributed by atoms with Crippen LogP contribution in [0.25, 0.3) is 0 Å². The van der Waals surface area contributed by atoms with Crippen LogP contribution in [0.3, 0.4) is 0 Å². The highest BCUT2D eigenvalue weighted by molar-refractivity contribution is 6.07. The molecule has 3 amide bonds. The maximum atomic E-state index is 12.6. The molecule has 2 saturated carbocycles. The number of hydrogen-bond acceptors (Lipinski definition) is 3. The van der Waals surface area contributed by atoms with Crippen LogP contribution in [0.15, 0.2) is 0 Å². The summed E-state index contributed by atoms with van der Waals surface area (Å²) in [5.74, 6) is 0.683. The van der Waals surface area contributed by atoms with E-state index in [2.05, 4.69) is 17.6 Å². The summed E-state index contributed by atoms with van der Waals surface area (Å²) in [7, 11) is 0. The Morgan fingerprint density at radius 3 is 2.60 bits per heavy atom. The second-order valence-electron chi connectivity index (χ2n) is 6.73. The summed E-state index contributed by atoms with van der Waals surface area (Å²) in [6.45, 7) is 3.66. The standard InChI is InChI=1S/C15H25N3O2/c1-11-5-7-15(8-6-11)13(19)18(14(20)17-15)10-2-9-16-12-3-4-12/h11-12,16H,2-10H2,1H3,(H,17,20). The molecule has 2 N–H and O–H groups in total. The summed E-state index contributed by atoms with van der Waals surface area (Å²) >= 11 is 0. The van der Waals surface area contributed by atoms with E-state index >= 15 is 0 Å². The van der Waals surface area contributed by atoms with E-state index < -0.39 is 5.54 Å². The van der Waals surface area contributed by atoms with Gasteiger partial charge in [0.15, 0.2) is 0 Å². The molecule has 0 bridgehead atoms. The Morgan fingerprint density at radius 1 is 1.25 bits per heavy atom. The fourth-order valence-electron chi connectivity index (χ4n) is 3.30. The van der Waals surface area contributed by atoms with E-state index in [0.29, 0.717) is 18.5 Å². The van der Waals surface area contributed by atoms with Crippen molar-refractivity contribution in [3.05, 3.63) is 0 Å². The molecule has 0 unspecified atom stereocenters. The summed E-state index contributed by atoms with van der Waals surface area (Å²) in [5.41, 5.74) is -0.576. The van der Waals surface area contributed by atoms with Gasteiger partial charge < -0.3 is 10.6 Å². The van der Waals surface area contributed by atoms with E-state index in [1.165, 1.54) is 17.7 Å². The molecule has 5 nitrogen and oxygen atoms in total. The molecular weight excluding hydrogens is 254 g/mol. The average molecular weight is 279 g/mol. The predicted molar refractivity (Wildman–Crippen MR) is 76.2 cm³/mol. The molecule has 2 aliphatic carbocycles. The lowest BCUT2D eigenvalue weighted by molar-refractivity contribution is -0.132. The molecule has 0 radical (unpaired) electrons. The average Bonchev–Trinajstić information content (AvgIpc) is 3.21. The minimum atomic E-state index is -0.576. The lowest BCUT2D eigenvalue weighted by Crippen LogP contribution is -2.49. The SMILES string of the molecule is CC1CCC2(CC1)NC(=O)N(CCCNC1CC1)C2=O. The zero-order valence-electron chi connectivity index (χ0n) is 12.3. The Hall–Kier alpha value is -1.10. The van der Waals surface area contributed by atoms with Crippen LogP contribution < -0.4 is 10.6 Å². The Balaban J connectivity index is 1.52. The van der Waals surface area contributed by atoms with Crippen LogP contribution in [-0.2, 0) is 4.79 Å². The smallest absolute Gasteiger partial charge is 0.323 e. The van der Waals surface area contributed by atoms with Gasteiger partial charge in [-0.05, 0) is 57.4 Å². The van der Waals surface area contributed by atoms with Crippen molar-refractivity contribution in [3.8, 4) is 0 Å². The molecule has 0 aromatic rings. The van der Waals surface area contributed by atoms with Crippen LogP contribution in [-0.4, -0.2) is 41.5 Å². The number of hydrogen-bond donors (Lipinski definition) is 2. The molecule has 3 fully saturated rings. The number of carbonyl (C=O) groups excluding carboxylic acids is 2. The maximum Gasteiger partial charge on any atom is 0.325 e. The van der Waals surface area contributed by atoms with Gasteiger partial charge in [-0.2, -0.15) is 0 Å². The largest absolute Gasteiger partial charge is 0.325 e. The van der Waals surface area contributed by atoms with Crippen molar-refractivity contribution >= 4 is 11.9 Å². The van der Waals surface area contributed by atoms with Gasteiger partial charge >= 0.3 is 6.03 Å². The minimum Gasteiger partial charge on any atom is -0.323 e. The third-order valence-corrected chi connectivity index (χ3v) is 4.94. The van der Waals surface area contributed by atoms with Gasteiger partial charge in [-0.15, -0.1) is 0 Å². The molecule has 112 valence electrons. The van der Waals surface area contributed by atoms with Gasteiger partial charge in [0.05, 0.1) is 0 Å². The van der Waals surface area contributed by atoms with E-state index in [-0.39, 0.29) is 11.9 Å². The first kappa shape index (κ1) is 13.9. The molecule has 3 rings (SSSR count). The van der Waals surface area contributed by atoms with E-state index in [0.717, 1.165) is 38.6 Å². The Kier molecular flexibility index (Phi) is 3.71. The van der Waals surface area contributed by atoms with Gasteiger partial charge in [0.25, 0.3) is 5.91 Å². The van der Waals surface area contributed by atoms with Gasteiger partial charge in [0, 0.05) is 12.6 Å². The Morgan fingerprint density at radius 2 is 1.95 bits per heavy atom. The Bertz CT molecular complexity index is 398. The van der Waals surface area contributed by atoms with Gasteiger partial charge in [-0.1, -0.05) is 6.92 Å². The molecule has 3 aliphatic rings. The second-order valence-corrected chi connectivity index (χ2v) is 6.73. The summed E-state index contributed by atoms with van der Waals surface area (Å²) < 4.78 is 0. The van der Waals surface area contributed by atoms with Crippen LogP contribution in [0.5, 0.6) is 0 Å². The quantitative estimate of drug-likeness (QED) is 0.594. The minimum absolute atomic E-state index is 0.0146. The lowest BCUT2D eigenvalue weighted by Gasteiger charge is -2.33. The molecule has 0 aromatic carbocycles. The number of rotatable bonds is 5. The highest BCUT2D eigenvalue weighted by Crippen LogP contribution is 2.36. The highest BCUT2D eigenvalue weighted by atomic mass is 16.2. The van der Waals surface area contributed by atoms with Crippen LogP contribution in [0.2, 0.25) is 0 Å². The molecule has 1 aliphatic heterocycles. The van der Waals surface area contributed by atoms with Crippen LogP contribution >= 0.6 is 0 Å². The third kappa shape index (κ3) is 2.68. The van der Waals surface area contributed by atoms with Crippen molar-refractivity contribution in [3.63, 3.8) is 0 Å². The second kappa shape index (κ2) is 5.35. The first-order valence-corrected chi connectivity index (χ1v) is 7.98. The first-order chi connectivity index (χ1) is 9.61. The zero-order valence-corrected chi connectivity index (χ0v) is 12.3. The number of imide groups is 1. The molecule has 20 heavy (non-hydrogen) atoms. The van der Waals surface area contributed by atoms with Crippen molar-refractivity contribution in [2.75, 3.05) is 13.1 Å². The number of nitrogens with one attached hydrogen (secondary N) is 2. The molecular formula is C15H25N3O2. The lowest BCUT2D eigenvalue weighted by atomic mass is 9.77. The number of carbonyl (C=O) groups is 2. The van der Waals surface area contributed by atoms with Gasteiger partial charge in [-0.3, -0.25) is 9.69 Å². The van der Waals surface area contributed by atoms with E-state index in [4.69, 9.17) is 0 Å². The van der Waals surface area contributed by atoms with Crippen LogP contribution in [0.4, 0.5) is 4.79 Å². The van der Waals surface area contributed by atoms with Crippen molar-refractivity contribution in [2.45, 2.75) is 63.5 Å². The fourth-order valence-corrected chi connectivity index (χ4v) is 3.30. The van der Waals surface area contributed by atoms with Crippen molar-refractivity contribution in [1.29, 1.82) is 0 Å². The van der Waals surface area contributed by atoms with E-state index in [9.17, 15) is 9.59 Å². The van der Waals surface area contributed by atoms with Crippen LogP contribution in [0.1, 0.15) is 51.9 Å². The van der Waals surface area contributed by atoms with Crippen molar-refractivity contribution < 1.29 is 9.59 Å².